The number of anilines is 1. The lowest BCUT2D eigenvalue weighted by molar-refractivity contribution is -0.115. The summed E-state index contributed by atoms with van der Waals surface area (Å²) in [5.41, 5.74) is 0.634. The van der Waals surface area contributed by atoms with Crippen LogP contribution in [0.1, 0.15) is 20.3 Å². The van der Waals surface area contributed by atoms with Crippen molar-refractivity contribution in [2.24, 2.45) is 0 Å². The number of benzene rings is 2. The number of carbonyl (C=O) groups excluding carboxylic acids is 1. The number of aryl methyl sites for hydroxylation is 1. The number of hydrogen-bond donors (Lipinski definition) is 1. The Morgan fingerprint density at radius 2 is 1.88 bits per heavy atom. The lowest BCUT2D eigenvalue weighted by atomic mass is 10.2. The van der Waals surface area contributed by atoms with Crippen molar-refractivity contribution in [3.8, 4) is 5.75 Å². The summed E-state index contributed by atoms with van der Waals surface area (Å²) in [5, 5.41) is 11.4. The van der Waals surface area contributed by atoms with Gasteiger partial charge in [-0.15, -0.1) is 10.2 Å². The summed E-state index contributed by atoms with van der Waals surface area (Å²) in [6.07, 6.45) is 0.738. The average molecular weight is 474 g/mol. The summed E-state index contributed by atoms with van der Waals surface area (Å²) >= 11 is 1.15. The van der Waals surface area contributed by atoms with Crippen LogP contribution in [-0.4, -0.2) is 36.9 Å². The molecule has 1 atom stereocenters. The molecule has 172 valence electrons. The highest BCUT2D eigenvalue weighted by atomic mass is 32.2. The Bertz CT molecular complexity index is 1370. The molecule has 1 unspecified atom stereocenters. The summed E-state index contributed by atoms with van der Waals surface area (Å²) in [5.74, 6) is -0.153. The number of alkyl halides is 2. The summed E-state index contributed by atoms with van der Waals surface area (Å²) in [4.78, 5) is 25.7. The second kappa shape index (κ2) is 9.57. The third-order valence-corrected chi connectivity index (χ3v) is 5.98. The number of rotatable bonds is 8. The Labute approximate surface area is 191 Å². The Kier molecular flexibility index (Phi) is 6.59. The van der Waals surface area contributed by atoms with Crippen molar-refractivity contribution >= 4 is 40.0 Å². The molecule has 11 heteroatoms. The zero-order valence-corrected chi connectivity index (χ0v) is 18.7. The molecule has 0 aliphatic heterocycles. The number of nitrogens with one attached hydrogen (secondary N) is 1. The van der Waals surface area contributed by atoms with Crippen molar-refractivity contribution in [1.82, 2.24) is 19.2 Å². The Morgan fingerprint density at radius 3 is 2.64 bits per heavy atom. The average Bonchev–Trinajstić information content (AvgIpc) is 3.21. The largest absolute Gasteiger partial charge is 0.433 e. The van der Waals surface area contributed by atoms with Crippen LogP contribution >= 0.6 is 11.8 Å². The minimum atomic E-state index is -3.01. The van der Waals surface area contributed by atoms with Gasteiger partial charge in [0.1, 0.15) is 5.75 Å². The summed E-state index contributed by atoms with van der Waals surface area (Å²) in [7, 11) is 0. The number of carbonyl (C=O) groups is 1. The molecule has 0 bridgehead atoms. The summed E-state index contributed by atoms with van der Waals surface area (Å²) in [6.45, 7) is 1.10. The molecule has 2 heterocycles. The third kappa shape index (κ3) is 4.54. The molecule has 1 N–H and O–H groups in total. The van der Waals surface area contributed by atoms with E-state index in [0.717, 1.165) is 18.2 Å². The first-order valence-corrected chi connectivity index (χ1v) is 11.2. The highest BCUT2D eigenvalue weighted by Crippen LogP contribution is 2.29. The Balaban J connectivity index is 1.66. The fraction of sp³-hybridized carbons (Fsp3) is 0.273. The van der Waals surface area contributed by atoms with E-state index < -0.39 is 17.8 Å². The monoisotopic (exact) mass is 473 g/mol. The van der Waals surface area contributed by atoms with Gasteiger partial charge in [-0.25, -0.2) is 0 Å². The van der Waals surface area contributed by atoms with Crippen LogP contribution in [0, 0.1) is 0 Å². The standard InChI is InChI=1S/C22H21F2N5O3S/c1-3-12-28-19(31)14-8-4-6-10-16(14)29-21(28)26-27-22(29)33-13(2)18(30)25-15-9-5-7-11-17(15)32-20(23)24/h4-11,13,20H,3,12H2,1-2H3,(H,25,30). The number of aromatic nitrogens is 4. The van der Waals surface area contributed by atoms with Gasteiger partial charge in [0.2, 0.25) is 11.7 Å². The Hall–Kier alpha value is -3.47. The molecule has 0 aliphatic carbocycles. The van der Waals surface area contributed by atoms with Gasteiger partial charge in [0.05, 0.1) is 21.8 Å². The van der Waals surface area contributed by atoms with E-state index in [1.165, 1.54) is 18.2 Å². The quantitative estimate of drug-likeness (QED) is 0.386. The van der Waals surface area contributed by atoms with E-state index in [9.17, 15) is 18.4 Å². The van der Waals surface area contributed by atoms with Gasteiger partial charge >= 0.3 is 6.61 Å². The van der Waals surface area contributed by atoms with Crippen LogP contribution in [-0.2, 0) is 11.3 Å². The van der Waals surface area contributed by atoms with Gasteiger partial charge in [-0.3, -0.25) is 18.6 Å². The number of amides is 1. The number of fused-ring (bicyclic) bond motifs is 3. The van der Waals surface area contributed by atoms with Gasteiger partial charge in [-0.1, -0.05) is 43.0 Å². The van der Waals surface area contributed by atoms with E-state index >= 15 is 0 Å². The predicted octanol–water partition coefficient (Wildman–Crippen LogP) is 4.17. The molecule has 4 rings (SSSR count). The molecule has 0 spiro atoms. The van der Waals surface area contributed by atoms with Crippen molar-refractivity contribution in [3.63, 3.8) is 0 Å². The van der Waals surface area contributed by atoms with Crippen LogP contribution in [0.15, 0.2) is 58.5 Å². The first-order chi connectivity index (χ1) is 15.9. The van der Waals surface area contributed by atoms with Crippen LogP contribution in [0.2, 0.25) is 0 Å². The van der Waals surface area contributed by atoms with Gasteiger partial charge in [0, 0.05) is 6.54 Å². The number of halogens is 2. The van der Waals surface area contributed by atoms with Gasteiger partial charge in [0.25, 0.3) is 5.56 Å². The molecular formula is C22H21F2N5O3S. The molecule has 33 heavy (non-hydrogen) atoms. The van der Waals surface area contributed by atoms with Crippen LogP contribution in [0.4, 0.5) is 14.5 Å². The number of para-hydroxylation sites is 3. The van der Waals surface area contributed by atoms with Crippen LogP contribution in [0.5, 0.6) is 5.75 Å². The molecule has 0 fully saturated rings. The number of hydrogen-bond acceptors (Lipinski definition) is 6. The van der Waals surface area contributed by atoms with Crippen molar-refractivity contribution in [1.29, 1.82) is 0 Å². The van der Waals surface area contributed by atoms with Crippen molar-refractivity contribution < 1.29 is 18.3 Å². The van der Waals surface area contributed by atoms with Gasteiger partial charge in [0.15, 0.2) is 5.16 Å². The van der Waals surface area contributed by atoms with E-state index in [2.05, 4.69) is 20.3 Å². The smallest absolute Gasteiger partial charge is 0.387 e. The highest BCUT2D eigenvalue weighted by Gasteiger charge is 2.22. The summed E-state index contributed by atoms with van der Waals surface area (Å²) < 4.78 is 33.1. The van der Waals surface area contributed by atoms with Gasteiger partial charge < -0.3 is 10.1 Å². The number of nitrogens with zero attached hydrogens (tertiary/aromatic N) is 4. The second-order valence-corrected chi connectivity index (χ2v) is 8.52. The van der Waals surface area contributed by atoms with Crippen LogP contribution < -0.4 is 15.6 Å². The molecule has 8 nitrogen and oxygen atoms in total. The number of thioether (sulfide) groups is 1. The van der Waals surface area contributed by atoms with Crippen molar-refractivity contribution in [2.45, 2.75) is 43.8 Å². The molecule has 2 aromatic carbocycles. The second-order valence-electron chi connectivity index (χ2n) is 7.22. The van der Waals surface area contributed by atoms with E-state index in [-0.39, 0.29) is 17.0 Å². The Morgan fingerprint density at radius 1 is 1.15 bits per heavy atom. The molecule has 1 amide bonds. The molecular weight excluding hydrogens is 452 g/mol. The van der Waals surface area contributed by atoms with Crippen LogP contribution in [0.25, 0.3) is 16.7 Å². The molecule has 0 saturated carbocycles. The van der Waals surface area contributed by atoms with Gasteiger partial charge in [-0.2, -0.15) is 8.78 Å². The fourth-order valence-corrected chi connectivity index (χ4v) is 4.31. The highest BCUT2D eigenvalue weighted by molar-refractivity contribution is 8.00. The van der Waals surface area contributed by atoms with Gasteiger partial charge in [-0.05, 0) is 37.6 Å². The lowest BCUT2D eigenvalue weighted by Gasteiger charge is -2.15. The fourth-order valence-electron chi connectivity index (χ4n) is 3.45. The van der Waals surface area contributed by atoms with E-state index in [0.29, 0.717) is 28.4 Å². The maximum absolute atomic E-state index is 12.9. The van der Waals surface area contributed by atoms with E-state index in [4.69, 9.17) is 0 Å². The SMILES string of the molecule is CCCn1c(=O)c2ccccc2n2c(SC(C)C(=O)Nc3ccccc3OC(F)F)nnc12. The van der Waals surface area contributed by atoms with E-state index in [1.54, 1.807) is 40.2 Å². The molecule has 0 radical (unpaired) electrons. The lowest BCUT2D eigenvalue weighted by Crippen LogP contribution is -2.24. The van der Waals surface area contributed by atoms with Crippen LogP contribution in [0.3, 0.4) is 0 Å². The van der Waals surface area contributed by atoms with Crippen molar-refractivity contribution in [2.75, 3.05) is 5.32 Å². The maximum atomic E-state index is 12.9. The zero-order chi connectivity index (χ0) is 23.5. The van der Waals surface area contributed by atoms with E-state index in [1.807, 2.05) is 13.0 Å². The predicted molar refractivity (Wildman–Crippen MR) is 122 cm³/mol. The van der Waals surface area contributed by atoms with Crippen molar-refractivity contribution in [3.05, 3.63) is 58.9 Å². The maximum Gasteiger partial charge on any atom is 0.387 e. The topological polar surface area (TPSA) is 90.5 Å². The summed E-state index contributed by atoms with van der Waals surface area (Å²) in [6, 6.07) is 13.1. The normalized spacial score (nSPS) is 12.4. The first kappa shape index (κ1) is 22.7. The third-order valence-electron chi connectivity index (χ3n) is 4.94. The number of ether oxygens (including phenoxy) is 1. The minimum absolute atomic E-state index is 0.124. The first-order valence-electron chi connectivity index (χ1n) is 10.3. The zero-order valence-electron chi connectivity index (χ0n) is 17.9. The molecule has 2 aromatic heterocycles. The molecule has 0 aliphatic rings. The molecule has 4 aromatic rings. The minimum Gasteiger partial charge on any atom is -0.433 e. The molecule has 0 saturated heterocycles.